The van der Waals surface area contributed by atoms with Crippen LogP contribution in [0.25, 0.3) is 0 Å². The number of hydrogen-bond donors (Lipinski definition) is 1. The molecule has 164 valence electrons. The molecule has 1 saturated heterocycles. The van der Waals surface area contributed by atoms with E-state index in [0.29, 0.717) is 36.6 Å². The van der Waals surface area contributed by atoms with Crippen molar-refractivity contribution in [3.8, 4) is 5.88 Å². The van der Waals surface area contributed by atoms with E-state index in [1.54, 1.807) is 13.0 Å². The number of ether oxygens (including phenoxy) is 2. The Labute approximate surface area is 173 Å². The molecule has 1 aliphatic heterocycles. The monoisotopic (exact) mass is 443 g/mol. The van der Waals surface area contributed by atoms with Crippen molar-refractivity contribution >= 4 is 21.6 Å². The molecule has 0 aliphatic carbocycles. The van der Waals surface area contributed by atoms with Crippen molar-refractivity contribution in [1.29, 1.82) is 0 Å². The van der Waals surface area contributed by atoms with Gasteiger partial charge in [-0.3, -0.25) is 0 Å². The molecule has 2 aromatic heterocycles. The van der Waals surface area contributed by atoms with Gasteiger partial charge in [0.25, 0.3) is 0 Å². The molecule has 12 heteroatoms. The van der Waals surface area contributed by atoms with E-state index in [4.69, 9.17) is 10.5 Å². The van der Waals surface area contributed by atoms with Crippen LogP contribution in [0, 0.1) is 6.92 Å². The molecule has 0 bridgehead atoms. The van der Waals surface area contributed by atoms with Crippen molar-refractivity contribution in [3.05, 3.63) is 35.2 Å². The molecule has 0 unspecified atom stereocenters. The van der Waals surface area contributed by atoms with Crippen molar-refractivity contribution in [1.82, 2.24) is 15.0 Å². The van der Waals surface area contributed by atoms with Gasteiger partial charge in [-0.1, -0.05) is 0 Å². The standard InChI is InChI=1S/C18H23F2N5O4S/c1-11-8-15(24-18(21)22-11)25-6-3-7-28-9-14(25)13-5-4-12(10-30(2,26)27)23-16(13)29-17(19)20/h4-5,8,14,17H,3,6-7,9-10H2,1-2H3,(H2,21,22,24)/t14-/m0/s1. The quantitative estimate of drug-likeness (QED) is 0.713. The average Bonchev–Trinajstić information content (AvgIpc) is 2.85. The smallest absolute Gasteiger partial charge is 0.388 e. The van der Waals surface area contributed by atoms with E-state index in [9.17, 15) is 17.2 Å². The number of nitrogens with two attached hydrogens (primary N) is 1. The third-order valence-corrected chi connectivity index (χ3v) is 5.23. The topological polar surface area (TPSA) is 121 Å². The van der Waals surface area contributed by atoms with Gasteiger partial charge in [-0.2, -0.15) is 13.8 Å². The van der Waals surface area contributed by atoms with Crippen LogP contribution in [-0.4, -0.2) is 56.0 Å². The number of sulfone groups is 1. The van der Waals surface area contributed by atoms with E-state index in [1.807, 2.05) is 4.90 Å². The van der Waals surface area contributed by atoms with Gasteiger partial charge in [0, 0.05) is 36.7 Å². The predicted octanol–water partition coefficient (Wildman–Crippen LogP) is 1.88. The van der Waals surface area contributed by atoms with Crippen LogP contribution in [-0.2, 0) is 20.3 Å². The molecule has 0 spiro atoms. The molecular formula is C18H23F2N5O4S. The largest absolute Gasteiger partial charge is 0.417 e. The summed E-state index contributed by atoms with van der Waals surface area (Å²) in [6.45, 7) is -0.161. The summed E-state index contributed by atoms with van der Waals surface area (Å²) in [5, 5.41) is 0. The first-order valence-corrected chi connectivity index (χ1v) is 11.3. The van der Waals surface area contributed by atoms with Crippen molar-refractivity contribution in [2.24, 2.45) is 0 Å². The Hall–Kier alpha value is -2.60. The summed E-state index contributed by atoms with van der Waals surface area (Å²) < 4.78 is 59.6. The lowest BCUT2D eigenvalue weighted by Gasteiger charge is -2.31. The van der Waals surface area contributed by atoms with Crippen molar-refractivity contribution in [3.63, 3.8) is 0 Å². The lowest BCUT2D eigenvalue weighted by atomic mass is 10.1. The molecule has 0 radical (unpaired) electrons. The van der Waals surface area contributed by atoms with Crippen LogP contribution in [0.1, 0.15) is 29.4 Å². The van der Waals surface area contributed by atoms with E-state index in [2.05, 4.69) is 19.7 Å². The first-order chi connectivity index (χ1) is 14.1. The Morgan fingerprint density at radius 2 is 2.10 bits per heavy atom. The summed E-state index contributed by atoms with van der Waals surface area (Å²) in [5.74, 6) is -0.108. The molecule has 2 N–H and O–H groups in total. The first-order valence-electron chi connectivity index (χ1n) is 9.20. The van der Waals surface area contributed by atoms with Gasteiger partial charge in [-0.05, 0) is 25.5 Å². The number of nitrogens with zero attached hydrogens (tertiary/aromatic N) is 4. The van der Waals surface area contributed by atoms with Gasteiger partial charge in [0.05, 0.1) is 24.1 Å². The Bertz CT molecular complexity index is 986. The number of aromatic nitrogens is 3. The van der Waals surface area contributed by atoms with E-state index in [1.165, 1.54) is 12.1 Å². The lowest BCUT2D eigenvalue weighted by molar-refractivity contribution is -0.0540. The molecule has 1 fully saturated rings. The number of nitrogen functional groups attached to an aromatic ring is 1. The normalized spacial score (nSPS) is 17.8. The number of rotatable bonds is 6. The zero-order valence-corrected chi connectivity index (χ0v) is 17.4. The minimum absolute atomic E-state index is 0.0968. The number of halogens is 2. The van der Waals surface area contributed by atoms with Crippen LogP contribution in [0.3, 0.4) is 0 Å². The zero-order chi connectivity index (χ0) is 21.9. The second kappa shape index (κ2) is 9.04. The van der Waals surface area contributed by atoms with Gasteiger partial charge in [-0.25, -0.2) is 18.4 Å². The van der Waals surface area contributed by atoms with Crippen LogP contribution >= 0.6 is 0 Å². The number of anilines is 2. The van der Waals surface area contributed by atoms with Crippen molar-refractivity contribution in [2.45, 2.75) is 31.8 Å². The van der Waals surface area contributed by atoms with Gasteiger partial charge in [0.2, 0.25) is 11.8 Å². The summed E-state index contributed by atoms with van der Waals surface area (Å²) >= 11 is 0. The van der Waals surface area contributed by atoms with Crippen LogP contribution < -0.4 is 15.4 Å². The number of alkyl halides is 2. The molecule has 1 aliphatic rings. The Morgan fingerprint density at radius 3 is 2.77 bits per heavy atom. The molecule has 1 atom stereocenters. The van der Waals surface area contributed by atoms with Gasteiger partial charge < -0.3 is 20.1 Å². The first kappa shape index (κ1) is 22.1. The van der Waals surface area contributed by atoms with E-state index >= 15 is 0 Å². The highest BCUT2D eigenvalue weighted by Gasteiger charge is 2.29. The average molecular weight is 443 g/mol. The Kier molecular flexibility index (Phi) is 6.66. The highest BCUT2D eigenvalue weighted by atomic mass is 32.2. The number of pyridine rings is 1. The fraction of sp³-hybridized carbons (Fsp3) is 0.500. The van der Waals surface area contributed by atoms with Gasteiger partial charge in [0.1, 0.15) is 5.82 Å². The summed E-state index contributed by atoms with van der Waals surface area (Å²) in [4.78, 5) is 14.3. The highest BCUT2D eigenvalue weighted by molar-refractivity contribution is 7.89. The molecule has 0 aromatic carbocycles. The Balaban J connectivity index is 2.06. The van der Waals surface area contributed by atoms with Gasteiger partial charge in [0.15, 0.2) is 9.84 Å². The Morgan fingerprint density at radius 1 is 1.33 bits per heavy atom. The zero-order valence-electron chi connectivity index (χ0n) is 16.6. The summed E-state index contributed by atoms with van der Waals surface area (Å²) in [7, 11) is -3.40. The fourth-order valence-electron chi connectivity index (χ4n) is 3.30. The minimum Gasteiger partial charge on any atom is -0.417 e. The summed E-state index contributed by atoms with van der Waals surface area (Å²) in [6.07, 6.45) is 1.73. The lowest BCUT2D eigenvalue weighted by Crippen LogP contribution is -2.32. The molecule has 0 amide bonds. The predicted molar refractivity (Wildman–Crippen MR) is 106 cm³/mol. The second-order valence-electron chi connectivity index (χ2n) is 7.01. The maximum Gasteiger partial charge on any atom is 0.388 e. The van der Waals surface area contributed by atoms with Gasteiger partial charge in [-0.15, -0.1) is 0 Å². The van der Waals surface area contributed by atoms with Crippen LogP contribution in [0.5, 0.6) is 5.88 Å². The third-order valence-electron chi connectivity index (χ3n) is 4.41. The molecular weight excluding hydrogens is 420 g/mol. The van der Waals surface area contributed by atoms with Crippen molar-refractivity contribution < 1.29 is 26.7 Å². The van der Waals surface area contributed by atoms with E-state index in [0.717, 1.165) is 6.26 Å². The summed E-state index contributed by atoms with van der Waals surface area (Å²) in [5.41, 5.74) is 6.90. The highest BCUT2D eigenvalue weighted by Crippen LogP contribution is 2.34. The SMILES string of the molecule is Cc1cc(N2CCCOC[C@H]2c2ccc(CS(C)(=O)=O)nc2OC(F)F)nc(N)n1. The molecule has 3 heterocycles. The fourth-order valence-corrected chi connectivity index (χ4v) is 4.00. The summed E-state index contributed by atoms with van der Waals surface area (Å²) in [6, 6.07) is 4.22. The van der Waals surface area contributed by atoms with Gasteiger partial charge >= 0.3 is 6.61 Å². The molecule has 0 saturated carbocycles. The van der Waals surface area contributed by atoms with Crippen LogP contribution in [0.4, 0.5) is 20.5 Å². The number of hydrogen-bond acceptors (Lipinski definition) is 9. The minimum atomic E-state index is -3.40. The van der Waals surface area contributed by atoms with E-state index < -0.39 is 22.5 Å². The molecule has 9 nitrogen and oxygen atoms in total. The molecule has 2 aromatic rings. The number of aryl methyl sites for hydroxylation is 1. The van der Waals surface area contributed by atoms with Crippen LogP contribution in [0.15, 0.2) is 18.2 Å². The van der Waals surface area contributed by atoms with Crippen LogP contribution in [0.2, 0.25) is 0 Å². The van der Waals surface area contributed by atoms with E-state index in [-0.39, 0.29) is 29.9 Å². The molecule has 3 rings (SSSR count). The van der Waals surface area contributed by atoms with Crippen molar-refractivity contribution in [2.75, 3.05) is 36.6 Å². The third kappa shape index (κ3) is 5.72. The second-order valence-corrected chi connectivity index (χ2v) is 9.15. The maximum atomic E-state index is 13.1. The molecule has 30 heavy (non-hydrogen) atoms. The maximum absolute atomic E-state index is 13.1.